The summed E-state index contributed by atoms with van der Waals surface area (Å²) in [5.74, 6) is -0.488. The van der Waals surface area contributed by atoms with Crippen LogP contribution in [0.3, 0.4) is 0 Å². The minimum atomic E-state index is -4.62. The number of benzene rings is 1. The fourth-order valence-corrected chi connectivity index (χ4v) is 2.34. The van der Waals surface area contributed by atoms with E-state index in [1.807, 2.05) is 6.07 Å². The molecule has 6 heteroatoms. The highest BCUT2D eigenvalue weighted by Crippen LogP contribution is 2.39. The predicted octanol–water partition coefficient (Wildman–Crippen LogP) is 3.36. The Kier molecular flexibility index (Phi) is 4.71. The highest BCUT2D eigenvalue weighted by atomic mass is 19.4. The number of carbonyl (C=O) groups is 1. The number of nitrogens with zero attached hydrogens (tertiary/aromatic N) is 1. The molecule has 1 unspecified atom stereocenters. The number of carbonyl (C=O) groups excluding carboxylic acids is 1. The quantitative estimate of drug-likeness (QED) is 0.929. The van der Waals surface area contributed by atoms with Crippen molar-refractivity contribution in [2.24, 2.45) is 0 Å². The number of nitriles is 1. The van der Waals surface area contributed by atoms with Crippen LogP contribution in [0, 0.1) is 17.8 Å². The molecular weight excluding hydrogens is 307 g/mol. The minimum Gasteiger partial charge on any atom is -0.393 e. The number of Topliss-reactive ketones (excluding diaryl/α,β-unsaturated/α-hetero) is 1. The molecule has 0 amide bonds. The van der Waals surface area contributed by atoms with Gasteiger partial charge in [-0.05, 0) is 36.3 Å². The summed E-state index contributed by atoms with van der Waals surface area (Å²) in [6.07, 6.45) is -4.18. The average molecular weight is 320 g/mol. The lowest BCUT2D eigenvalue weighted by Gasteiger charge is -2.22. The molecule has 0 aliphatic heterocycles. The van der Waals surface area contributed by atoms with Gasteiger partial charge < -0.3 is 5.11 Å². The van der Waals surface area contributed by atoms with Gasteiger partial charge in [0.15, 0.2) is 5.78 Å². The Morgan fingerprint density at radius 2 is 1.91 bits per heavy atom. The Labute approximate surface area is 131 Å². The molecule has 0 saturated heterocycles. The van der Waals surface area contributed by atoms with Crippen LogP contribution in [0.15, 0.2) is 41.5 Å². The van der Waals surface area contributed by atoms with Crippen molar-refractivity contribution in [2.45, 2.75) is 25.6 Å². The van der Waals surface area contributed by atoms with E-state index in [9.17, 15) is 23.1 Å². The summed E-state index contributed by atoms with van der Waals surface area (Å²) in [6, 6.07) is 7.48. The molecule has 3 nitrogen and oxygen atoms in total. The minimum absolute atomic E-state index is 0.130. The van der Waals surface area contributed by atoms with E-state index in [0.717, 1.165) is 12.5 Å². The van der Waals surface area contributed by atoms with Gasteiger partial charge in [0.25, 0.3) is 0 Å². The number of halogens is 3. The van der Waals surface area contributed by atoms with Crippen molar-refractivity contribution < 1.29 is 23.1 Å². The zero-order valence-corrected chi connectivity index (χ0v) is 12.2. The van der Waals surface area contributed by atoms with Gasteiger partial charge in [0.05, 0.1) is 23.3 Å². The van der Waals surface area contributed by atoms with Crippen molar-refractivity contribution in [3.63, 3.8) is 0 Å². The third-order valence-electron chi connectivity index (χ3n) is 3.37. The third-order valence-corrected chi connectivity index (χ3v) is 3.37. The molecule has 0 saturated carbocycles. The van der Waals surface area contributed by atoms with Crippen molar-refractivity contribution in [3.8, 4) is 6.07 Å². The van der Waals surface area contributed by atoms with Crippen molar-refractivity contribution >= 4 is 11.4 Å². The number of aliphatic hydroxyl groups excluding tert-OH is 1. The molecule has 0 bridgehead atoms. The summed E-state index contributed by atoms with van der Waals surface area (Å²) in [4.78, 5) is 12.0. The first kappa shape index (κ1) is 17.0. The normalized spacial score (nSPS) is 16.9. The van der Waals surface area contributed by atoms with E-state index in [0.29, 0.717) is 5.56 Å². The third kappa shape index (κ3) is 3.88. The maximum Gasteiger partial charge on any atom is 0.416 e. The smallest absolute Gasteiger partial charge is 0.393 e. The molecule has 119 valence electrons. The first-order valence-corrected chi connectivity index (χ1v) is 6.81. The van der Waals surface area contributed by atoms with E-state index in [-0.39, 0.29) is 16.7 Å². The number of rotatable bonds is 3. The molecule has 0 spiro atoms. The Hall–Kier alpha value is -2.39. The molecule has 1 aliphatic rings. The van der Waals surface area contributed by atoms with Gasteiger partial charge in [0, 0.05) is 18.4 Å². The summed E-state index contributed by atoms with van der Waals surface area (Å²) in [5, 5.41) is 18.0. The fraction of sp³-hybridized carbons (Fsp3) is 0.235. The molecule has 0 aromatic heterocycles. The Morgan fingerprint density at radius 1 is 1.30 bits per heavy atom. The molecule has 1 atom stereocenters. The van der Waals surface area contributed by atoms with Gasteiger partial charge in [-0.25, -0.2) is 0 Å². The Morgan fingerprint density at radius 3 is 2.39 bits per heavy atom. The highest BCUT2D eigenvalue weighted by Gasteiger charge is 2.38. The molecule has 0 heterocycles. The zero-order valence-electron chi connectivity index (χ0n) is 12.2. The monoisotopic (exact) mass is 320 g/mol. The molecular formula is C17H13F3NO2. The van der Waals surface area contributed by atoms with Gasteiger partial charge >= 0.3 is 6.18 Å². The Balaban J connectivity index is 2.55. The van der Waals surface area contributed by atoms with Gasteiger partial charge in [-0.15, -0.1) is 0 Å². The van der Waals surface area contributed by atoms with Crippen LogP contribution in [-0.4, -0.2) is 23.2 Å². The molecule has 1 aromatic rings. The number of allylic oxidation sites excluding steroid dienone is 3. The SMILES string of the molecule is CC(O)[CH]C1=CC(C(F)(F)F)=C(c2ccc(C#N)cc2)CC1=O. The average Bonchev–Trinajstić information content (AvgIpc) is 2.47. The van der Waals surface area contributed by atoms with E-state index in [2.05, 4.69) is 0 Å². The maximum absolute atomic E-state index is 13.3. The number of ketones is 1. The van der Waals surface area contributed by atoms with Crippen LogP contribution >= 0.6 is 0 Å². The van der Waals surface area contributed by atoms with Crippen LogP contribution in [0.1, 0.15) is 24.5 Å². The second-order valence-corrected chi connectivity index (χ2v) is 5.19. The number of hydrogen-bond donors (Lipinski definition) is 1. The lowest BCUT2D eigenvalue weighted by Crippen LogP contribution is -2.21. The summed E-state index contributed by atoms with van der Waals surface area (Å²) in [6.45, 7) is 1.36. The highest BCUT2D eigenvalue weighted by molar-refractivity contribution is 6.07. The summed E-state index contributed by atoms with van der Waals surface area (Å²) in [5.41, 5.74) is -0.617. The van der Waals surface area contributed by atoms with Crippen LogP contribution in [0.5, 0.6) is 0 Å². The second kappa shape index (κ2) is 6.39. The van der Waals surface area contributed by atoms with Gasteiger partial charge in [0.1, 0.15) is 0 Å². The molecule has 0 fully saturated rings. The lowest BCUT2D eigenvalue weighted by atomic mass is 9.85. The van der Waals surface area contributed by atoms with Gasteiger partial charge in [-0.3, -0.25) is 4.79 Å². The van der Waals surface area contributed by atoms with E-state index >= 15 is 0 Å². The molecule has 23 heavy (non-hydrogen) atoms. The summed E-state index contributed by atoms with van der Waals surface area (Å²) >= 11 is 0. The van der Waals surface area contributed by atoms with Crippen LogP contribution in [0.4, 0.5) is 13.2 Å². The first-order valence-electron chi connectivity index (χ1n) is 6.81. The second-order valence-electron chi connectivity index (χ2n) is 5.19. The largest absolute Gasteiger partial charge is 0.416 e. The molecule has 1 aliphatic carbocycles. The van der Waals surface area contributed by atoms with Crippen molar-refractivity contribution in [3.05, 3.63) is 59.0 Å². The van der Waals surface area contributed by atoms with E-state index in [1.54, 1.807) is 0 Å². The topological polar surface area (TPSA) is 61.1 Å². The summed E-state index contributed by atoms with van der Waals surface area (Å²) < 4.78 is 40.0. The number of hydrogen-bond acceptors (Lipinski definition) is 3. The fourth-order valence-electron chi connectivity index (χ4n) is 2.34. The number of alkyl halides is 3. The van der Waals surface area contributed by atoms with Gasteiger partial charge in [-0.2, -0.15) is 18.4 Å². The van der Waals surface area contributed by atoms with E-state index < -0.39 is 30.1 Å². The van der Waals surface area contributed by atoms with Crippen LogP contribution in [0.2, 0.25) is 0 Å². The molecule has 1 radical (unpaired) electrons. The van der Waals surface area contributed by atoms with Crippen molar-refractivity contribution in [1.29, 1.82) is 5.26 Å². The van der Waals surface area contributed by atoms with Gasteiger partial charge in [-0.1, -0.05) is 12.1 Å². The maximum atomic E-state index is 13.3. The predicted molar refractivity (Wildman–Crippen MR) is 77.8 cm³/mol. The van der Waals surface area contributed by atoms with Crippen LogP contribution in [-0.2, 0) is 4.79 Å². The molecule has 1 aromatic carbocycles. The summed E-state index contributed by atoms with van der Waals surface area (Å²) in [7, 11) is 0. The van der Waals surface area contributed by atoms with Gasteiger partial charge in [0.2, 0.25) is 0 Å². The molecule has 1 N–H and O–H groups in total. The van der Waals surface area contributed by atoms with Crippen LogP contribution in [0.25, 0.3) is 5.57 Å². The molecule has 2 rings (SSSR count). The first-order chi connectivity index (χ1) is 10.7. The van der Waals surface area contributed by atoms with Crippen LogP contribution < -0.4 is 0 Å². The zero-order chi connectivity index (χ0) is 17.2. The lowest BCUT2D eigenvalue weighted by molar-refractivity contribution is -0.115. The van der Waals surface area contributed by atoms with Crippen molar-refractivity contribution in [1.82, 2.24) is 0 Å². The Bertz CT molecular complexity index is 720. The van der Waals surface area contributed by atoms with Crippen molar-refractivity contribution in [2.75, 3.05) is 0 Å². The number of aliphatic hydroxyl groups is 1. The van der Waals surface area contributed by atoms with E-state index in [1.165, 1.54) is 31.2 Å². The standard InChI is InChI=1S/C17H13F3NO2/c1-10(22)6-13-7-15(17(18,19)20)14(8-16(13)23)12-4-2-11(9-21)3-5-12/h2-7,10,22H,8H2,1H3. The van der Waals surface area contributed by atoms with E-state index in [4.69, 9.17) is 5.26 Å².